The lowest BCUT2D eigenvalue weighted by molar-refractivity contribution is -0.385. The number of non-ortho nitro benzene ring substituents is 1. The van der Waals surface area contributed by atoms with Crippen LogP contribution in [-0.2, 0) is 0 Å². The Balaban J connectivity index is 2.44. The lowest BCUT2D eigenvalue weighted by Gasteiger charge is -2.10. The molecule has 0 amide bonds. The Morgan fingerprint density at radius 2 is 1.80 bits per heavy atom. The van der Waals surface area contributed by atoms with E-state index in [-0.39, 0.29) is 5.75 Å². The van der Waals surface area contributed by atoms with Crippen molar-refractivity contribution >= 4 is 21.6 Å². The van der Waals surface area contributed by atoms with Crippen LogP contribution in [0.5, 0.6) is 11.5 Å². The van der Waals surface area contributed by atoms with Crippen LogP contribution >= 0.6 is 15.9 Å². The lowest BCUT2D eigenvalue weighted by Crippen LogP contribution is -1.97. The molecule has 20 heavy (non-hydrogen) atoms. The molecule has 2 aromatic carbocycles. The molecule has 0 bridgehead atoms. The van der Waals surface area contributed by atoms with Gasteiger partial charge >= 0.3 is 0 Å². The number of hydrogen-bond donors (Lipinski definition) is 0. The Bertz CT molecular complexity index is 668. The first-order valence-electron chi connectivity index (χ1n) is 5.46. The Morgan fingerprint density at radius 1 is 1.20 bits per heavy atom. The smallest absolute Gasteiger partial charge is 0.275 e. The van der Waals surface area contributed by atoms with E-state index in [1.165, 1.54) is 0 Å². The van der Waals surface area contributed by atoms with Crippen LogP contribution in [0.3, 0.4) is 0 Å². The Hall–Kier alpha value is -2.02. The highest BCUT2D eigenvalue weighted by Gasteiger charge is 2.19. The lowest BCUT2D eigenvalue weighted by atomic mass is 10.2. The number of rotatable bonds is 3. The van der Waals surface area contributed by atoms with Gasteiger partial charge in [0.1, 0.15) is 5.75 Å². The molecule has 104 valence electrons. The van der Waals surface area contributed by atoms with Gasteiger partial charge in [-0.2, -0.15) is 0 Å². The second kappa shape index (κ2) is 5.54. The van der Waals surface area contributed by atoms with Crippen LogP contribution in [-0.4, -0.2) is 4.92 Å². The third-order valence-corrected chi connectivity index (χ3v) is 3.05. The van der Waals surface area contributed by atoms with Crippen molar-refractivity contribution in [2.75, 3.05) is 0 Å². The molecule has 0 spiro atoms. The number of aryl methyl sites for hydroxylation is 1. The van der Waals surface area contributed by atoms with Crippen molar-refractivity contribution in [2.24, 2.45) is 0 Å². The molecule has 0 aliphatic rings. The Kier molecular flexibility index (Phi) is 3.99. The molecule has 0 saturated heterocycles. The number of ether oxygens (including phenoxy) is 1. The fraction of sp³-hybridized carbons (Fsp3) is 0.0769. The third kappa shape index (κ3) is 2.93. The first kappa shape index (κ1) is 14.4. The second-order valence-corrected chi connectivity index (χ2v) is 4.92. The van der Waals surface area contributed by atoms with E-state index in [4.69, 9.17) is 4.74 Å². The molecular weight excluding hydrogens is 336 g/mol. The Labute approximate surface area is 121 Å². The molecule has 0 radical (unpaired) electrons. The predicted molar refractivity (Wildman–Crippen MR) is 72.0 cm³/mol. The van der Waals surface area contributed by atoms with Crippen molar-refractivity contribution in [3.8, 4) is 11.5 Å². The van der Waals surface area contributed by atoms with Gasteiger partial charge in [-0.3, -0.25) is 10.1 Å². The highest BCUT2D eigenvalue weighted by molar-refractivity contribution is 9.10. The summed E-state index contributed by atoms with van der Waals surface area (Å²) >= 11 is 3.22. The number of halogens is 3. The van der Waals surface area contributed by atoms with Gasteiger partial charge in [0.25, 0.3) is 5.69 Å². The van der Waals surface area contributed by atoms with Crippen molar-refractivity contribution in [3.05, 3.63) is 62.1 Å². The van der Waals surface area contributed by atoms with Crippen LogP contribution in [0.15, 0.2) is 34.8 Å². The number of hydrogen-bond acceptors (Lipinski definition) is 3. The molecule has 0 atom stereocenters. The summed E-state index contributed by atoms with van der Waals surface area (Å²) < 4.78 is 33.3. The van der Waals surface area contributed by atoms with Crippen LogP contribution in [0.1, 0.15) is 5.56 Å². The normalized spacial score (nSPS) is 10.4. The van der Waals surface area contributed by atoms with E-state index in [1.54, 1.807) is 25.1 Å². The average molecular weight is 344 g/mol. The van der Waals surface area contributed by atoms with Crippen molar-refractivity contribution in [1.29, 1.82) is 0 Å². The minimum atomic E-state index is -1.13. The molecule has 0 heterocycles. The van der Waals surface area contributed by atoms with Gasteiger partial charge in [-0.25, -0.2) is 8.78 Å². The maximum absolute atomic E-state index is 13.7. The molecular formula is C13H8BrF2NO3. The van der Waals surface area contributed by atoms with Crippen LogP contribution in [0.2, 0.25) is 0 Å². The molecule has 0 fully saturated rings. The van der Waals surface area contributed by atoms with E-state index in [0.29, 0.717) is 22.2 Å². The average Bonchev–Trinajstić information content (AvgIpc) is 2.37. The van der Waals surface area contributed by atoms with E-state index in [2.05, 4.69) is 15.9 Å². The third-order valence-electron chi connectivity index (χ3n) is 2.56. The summed E-state index contributed by atoms with van der Waals surface area (Å²) in [5.41, 5.74) is 0.00340. The fourth-order valence-corrected chi connectivity index (χ4v) is 1.88. The summed E-state index contributed by atoms with van der Waals surface area (Å²) in [6, 6.07) is 6.25. The van der Waals surface area contributed by atoms with Crippen LogP contribution in [0.25, 0.3) is 0 Å². The molecule has 0 aliphatic carbocycles. The maximum atomic E-state index is 13.7. The van der Waals surface area contributed by atoms with Crippen molar-refractivity contribution < 1.29 is 18.4 Å². The number of nitrogens with zero attached hydrogens (tertiary/aromatic N) is 1. The molecule has 2 rings (SSSR count). The summed E-state index contributed by atoms with van der Waals surface area (Å²) in [6.07, 6.45) is 0. The number of nitro benzene ring substituents is 1. The fourth-order valence-electron chi connectivity index (χ4n) is 1.54. The zero-order chi connectivity index (χ0) is 14.9. The number of benzene rings is 2. The molecule has 0 saturated carbocycles. The van der Waals surface area contributed by atoms with Gasteiger partial charge in [0.05, 0.1) is 17.1 Å². The first-order chi connectivity index (χ1) is 9.38. The van der Waals surface area contributed by atoms with Crippen molar-refractivity contribution in [2.45, 2.75) is 6.92 Å². The van der Waals surface area contributed by atoms with Gasteiger partial charge in [-0.05, 0) is 24.6 Å². The molecule has 0 N–H and O–H groups in total. The summed E-state index contributed by atoms with van der Waals surface area (Å²) in [6.45, 7) is 1.71. The summed E-state index contributed by atoms with van der Waals surface area (Å²) in [5.74, 6) is -2.67. The van der Waals surface area contributed by atoms with Gasteiger partial charge in [0, 0.05) is 4.47 Å². The van der Waals surface area contributed by atoms with Gasteiger partial charge in [-0.1, -0.05) is 22.0 Å². The molecule has 0 aliphatic heterocycles. The minimum absolute atomic E-state index is 0.256. The first-order valence-corrected chi connectivity index (χ1v) is 6.25. The van der Waals surface area contributed by atoms with Crippen molar-refractivity contribution in [3.63, 3.8) is 0 Å². The van der Waals surface area contributed by atoms with Gasteiger partial charge < -0.3 is 4.74 Å². The number of nitro groups is 1. The second-order valence-electron chi connectivity index (χ2n) is 4.01. The van der Waals surface area contributed by atoms with E-state index in [9.17, 15) is 18.9 Å². The molecule has 4 nitrogen and oxygen atoms in total. The summed E-state index contributed by atoms with van der Waals surface area (Å²) in [4.78, 5) is 9.62. The zero-order valence-corrected chi connectivity index (χ0v) is 11.8. The molecule has 7 heteroatoms. The molecule has 0 aromatic heterocycles. The summed E-state index contributed by atoms with van der Waals surface area (Å²) in [5, 5.41) is 10.5. The van der Waals surface area contributed by atoms with Gasteiger partial charge in [-0.15, -0.1) is 0 Å². The van der Waals surface area contributed by atoms with E-state index >= 15 is 0 Å². The highest BCUT2D eigenvalue weighted by Crippen LogP contribution is 2.33. The van der Waals surface area contributed by atoms with E-state index in [1.807, 2.05) is 0 Å². The Morgan fingerprint density at radius 3 is 2.35 bits per heavy atom. The zero-order valence-electron chi connectivity index (χ0n) is 10.2. The SMILES string of the molecule is Cc1ccc(Br)cc1Oc1c(F)cc([N+](=O)[O-])cc1F. The monoisotopic (exact) mass is 343 g/mol. The largest absolute Gasteiger partial charge is 0.451 e. The highest BCUT2D eigenvalue weighted by atomic mass is 79.9. The summed E-state index contributed by atoms with van der Waals surface area (Å²) in [7, 11) is 0. The van der Waals surface area contributed by atoms with Crippen LogP contribution < -0.4 is 4.74 Å². The maximum Gasteiger partial charge on any atom is 0.275 e. The molecule has 0 unspecified atom stereocenters. The minimum Gasteiger partial charge on any atom is -0.451 e. The van der Waals surface area contributed by atoms with Crippen molar-refractivity contribution in [1.82, 2.24) is 0 Å². The quantitative estimate of drug-likeness (QED) is 0.597. The van der Waals surface area contributed by atoms with E-state index < -0.39 is 28.0 Å². The topological polar surface area (TPSA) is 52.4 Å². The van der Waals surface area contributed by atoms with E-state index in [0.717, 1.165) is 0 Å². The van der Waals surface area contributed by atoms with Gasteiger partial charge in [0.15, 0.2) is 17.4 Å². The van der Waals surface area contributed by atoms with Gasteiger partial charge in [0.2, 0.25) is 0 Å². The molecule has 2 aromatic rings. The standard InChI is InChI=1S/C13H8BrF2NO3/c1-7-2-3-8(14)4-12(7)20-13-10(15)5-9(17(18)19)6-11(13)16/h2-6H,1H3. The predicted octanol–water partition coefficient (Wildman–Crippen LogP) is 4.74. The van der Waals surface area contributed by atoms with Crippen LogP contribution in [0, 0.1) is 28.7 Å². The van der Waals surface area contributed by atoms with Crippen LogP contribution in [0.4, 0.5) is 14.5 Å².